The summed E-state index contributed by atoms with van der Waals surface area (Å²) in [4.78, 5) is 22.7. The Morgan fingerprint density at radius 3 is 2.83 bits per heavy atom. The van der Waals surface area contributed by atoms with Crippen LogP contribution in [0.3, 0.4) is 0 Å². The number of aromatic amines is 1. The average Bonchev–Trinajstić information content (AvgIpc) is 3.16. The van der Waals surface area contributed by atoms with Crippen molar-refractivity contribution in [2.24, 2.45) is 5.16 Å². The second-order valence-corrected chi connectivity index (χ2v) is 13.6. The van der Waals surface area contributed by atoms with E-state index in [1.54, 1.807) is 4.57 Å². The highest BCUT2D eigenvalue weighted by Gasteiger charge is 2.53. The first-order valence-electron chi connectivity index (χ1n) is 9.31. The minimum absolute atomic E-state index is 0.0401. The maximum absolute atomic E-state index is 12.1. The quantitative estimate of drug-likeness (QED) is 0.241. The fraction of sp³-hybridized carbons (Fsp3) is 0.647. The highest BCUT2D eigenvalue weighted by Crippen LogP contribution is 2.44. The molecule has 1 saturated heterocycles. The van der Waals surface area contributed by atoms with E-state index in [4.69, 9.17) is 14.9 Å². The number of nitrogens with zero attached hydrogens (tertiary/aromatic N) is 4. The van der Waals surface area contributed by atoms with Gasteiger partial charge in [-0.2, -0.15) is 4.98 Å². The van der Waals surface area contributed by atoms with Crippen LogP contribution in [-0.4, -0.2) is 62.7 Å². The normalized spacial score (nSPS) is 26.0. The zero-order valence-corrected chi connectivity index (χ0v) is 18.2. The third-order valence-electron chi connectivity index (χ3n) is 5.84. The molecule has 11 nitrogen and oxygen atoms in total. The van der Waals surface area contributed by atoms with E-state index in [0.29, 0.717) is 6.42 Å². The van der Waals surface area contributed by atoms with Crippen LogP contribution in [0.2, 0.25) is 18.1 Å². The van der Waals surface area contributed by atoms with Crippen LogP contribution in [0.4, 0.5) is 5.95 Å². The van der Waals surface area contributed by atoms with Crippen molar-refractivity contribution in [2.75, 3.05) is 12.3 Å². The van der Waals surface area contributed by atoms with Gasteiger partial charge in [0.15, 0.2) is 25.1 Å². The molecule has 3 rings (SSSR count). The fourth-order valence-electron chi connectivity index (χ4n) is 3.16. The number of imidazole rings is 1. The summed E-state index contributed by atoms with van der Waals surface area (Å²) in [6.07, 6.45) is 1.68. The predicted molar refractivity (Wildman–Crippen MR) is 109 cm³/mol. The lowest BCUT2D eigenvalue weighted by atomic mass is 9.99. The zero-order chi connectivity index (χ0) is 21.6. The number of hydrogen-bond acceptors (Lipinski definition) is 9. The number of rotatable bonds is 5. The highest BCUT2D eigenvalue weighted by atomic mass is 28.4. The van der Waals surface area contributed by atoms with E-state index in [1.165, 1.54) is 6.33 Å². The monoisotopic (exact) mass is 424 g/mol. The first-order chi connectivity index (χ1) is 13.4. The summed E-state index contributed by atoms with van der Waals surface area (Å²) >= 11 is 0. The van der Waals surface area contributed by atoms with Crippen LogP contribution in [-0.2, 0) is 9.16 Å². The second-order valence-electron chi connectivity index (χ2n) is 8.81. The molecule has 2 aromatic heterocycles. The van der Waals surface area contributed by atoms with Gasteiger partial charge in [0, 0.05) is 6.42 Å². The molecule has 29 heavy (non-hydrogen) atoms. The molecule has 1 fully saturated rings. The number of nitrogens with one attached hydrogen (secondary N) is 1. The van der Waals surface area contributed by atoms with Gasteiger partial charge >= 0.3 is 0 Å². The molecule has 0 bridgehead atoms. The Morgan fingerprint density at radius 1 is 1.55 bits per heavy atom. The van der Waals surface area contributed by atoms with Gasteiger partial charge in [-0.15, -0.1) is 0 Å². The highest BCUT2D eigenvalue weighted by molar-refractivity contribution is 6.74. The Bertz CT molecular complexity index is 981. The van der Waals surface area contributed by atoms with Crippen molar-refractivity contribution < 1.29 is 19.5 Å². The number of fused-ring (bicyclic) bond motifs is 1. The number of H-pyrrole nitrogens is 1. The van der Waals surface area contributed by atoms with Gasteiger partial charge in [0.05, 0.1) is 25.3 Å². The maximum atomic E-state index is 12.1. The molecule has 0 aliphatic carbocycles. The van der Waals surface area contributed by atoms with Crippen LogP contribution in [0.1, 0.15) is 33.4 Å². The number of nitrogens with two attached hydrogens (primary N) is 1. The second kappa shape index (κ2) is 7.20. The van der Waals surface area contributed by atoms with E-state index in [9.17, 15) is 15.1 Å². The number of ether oxygens (including phenoxy) is 1. The third kappa shape index (κ3) is 3.68. The SMILES string of the molecule is CC(C)(C)[Si](C)(C)O[C@H]1C[C@H](n2cnc3c(=O)[nH]c(N)nc32)O[C@]1(C=NO)CO. The Labute approximate surface area is 168 Å². The zero-order valence-electron chi connectivity index (χ0n) is 17.2. The van der Waals surface area contributed by atoms with Gasteiger partial charge in [0.2, 0.25) is 5.95 Å². The molecule has 0 unspecified atom stereocenters. The van der Waals surface area contributed by atoms with E-state index in [2.05, 4.69) is 54.0 Å². The number of nitrogen functional groups attached to an aromatic ring is 1. The third-order valence-corrected chi connectivity index (χ3v) is 10.3. The van der Waals surface area contributed by atoms with Gasteiger partial charge in [-0.1, -0.05) is 25.9 Å². The molecule has 12 heteroatoms. The summed E-state index contributed by atoms with van der Waals surface area (Å²) in [6.45, 7) is 10.1. The summed E-state index contributed by atoms with van der Waals surface area (Å²) < 4.78 is 14.2. The lowest BCUT2D eigenvalue weighted by Crippen LogP contribution is -2.53. The fourth-order valence-corrected chi connectivity index (χ4v) is 4.52. The van der Waals surface area contributed by atoms with Crippen molar-refractivity contribution in [1.82, 2.24) is 19.5 Å². The van der Waals surface area contributed by atoms with Crippen molar-refractivity contribution >= 4 is 31.6 Å². The van der Waals surface area contributed by atoms with E-state index in [-0.39, 0.29) is 22.2 Å². The Morgan fingerprint density at radius 2 is 2.24 bits per heavy atom. The molecule has 1 aliphatic rings. The van der Waals surface area contributed by atoms with Crippen molar-refractivity contribution in [2.45, 2.75) is 63.3 Å². The minimum atomic E-state index is -2.24. The van der Waals surface area contributed by atoms with E-state index >= 15 is 0 Å². The van der Waals surface area contributed by atoms with Crippen LogP contribution in [0.25, 0.3) is 11.2 Å². The van der Waals surface area contributed by atoms with Crippen LogP contribution in [0, 0.1) is 0 Å². The lowest BCUT2D eigenvalue weighted by molar-refractivity contribution is -0.0779. The Balaban J connectivity index is 2.03. The minimum Gasteiger partial charge on any atom is -0.411 e. The van der Waals surface area contributed by atoms with Gasteiger partial charge in [-0.05, 0) is 18.1 Å². The molecule has 160 valence electrons. The van der Waals surface area contributed by atoms with Gasteiger partial charge in [-0.25, -0.2) is 4.98 Å². The summed E-state index contributed by atoms with van der Waals surface area (Å²) in [7, 11) is -2.24. The van der Waals surface area contributed by atoms with Crippen LogP contribution in [0.15, 0.2) is 16.3 Å². The molecular formula is C17H28N6O5Si. The smallest absolute Gasteiger partial charge is 0.280 e. The standard InChI is InChI=1S/C17H28N6O5Si/c1-16(2,3)29(4,5)28-10-6-11(27-17(10,8-24)7-20-26)23-9-19-12-13(23)21-15(18)22-14(12)25/h7,9-11,24,26H,6,8H2,1-5H3,(H3,18,21,22,25)/t10-,11+,17+/m0/s1. The molecule has 0 aromatic carbocycles. The van der Waals surface area contributed by atoms with E-state index < -0.39 is 38.4 Å². The number of hydrogen-bond donors (Lipinski definition) is 4. The Hall–Kier alpha value is -2.28. The first-order valence-corrected chi connectivity index (χ1v) is 12.2. The summed E-state index contributed by atoms with van der Waals surface area (Å²) in [5, 5.41) is 22.4. The van der Waals surface area contributed by atoms with Gasteiger partial charge in [-0.3, -0.25) is 14.3 Å². The molecule has 3 heterocycles. The molecule has 0 saturated carbocycles. The van der Waals surface area contributed by atoms with Crippen LogP contribution < -0.4 is 11.3 Å². The molecule has 0 radical (unpaired) electrons. The van der Waals surface area contributed by atoms with E-state index in [1.807, 2.05) is 0 Å². The number of anilines is 1. The summed E-state index contributed by atoms with van der Waals surface area (Å²) in [5.74, 6) is -0.0401. The molecule has 3 atom stereocenters. The molecule has 1 aliphatic heterocycles. The number of oxime groups is 1. The molecular weight excluding hydrogens is 396 g/mol. The van der Waals surface area contributed by atoms with Gasteiger partial charge < -0.3 is 25.2 Å². The van der Waals surface area contributed by atoms with Crippen molar-refractivity contribution in [3.05, 3.63) is 16.7 Å². The number of aromatic nitrogens is 4. The number of aliphatic hydroxyl groups is 1. The van der Waals surface area contributed by atoms with Crippen molar-refractivity contribution in [3.8, 4) is 0 Å². The molecule has 0 spiro atoms. The predicted octanol–water partition coefficient (Wildman–Crippen LogP) is 1.20. The molecule has 0 amide bonds. The average molecular weight is 425 g/mol. The van der Waals surface area contributed by atoms with Gasteiger partial charge in [0.1, 0.15) is 6.23 Å². The largest absolute Gasteiger partial charge is 0.411 e. The maximum Gasteiger partial charge on any atom is 0.280 e. The lowest BCUT2D eigenvalue weighted by Gasteiger charge is -2.41. The molecule has 2 aromatic rings. The summed E-state index contributed by atoms with van der Waals surface area (Å²) in [6, 6.07) is 0. The Kier molecular flexibility index (Phi) is 5.32. The van der Waals surface area contributed by atoms with Crippen molar-refractivity contribution in [3.63, 3.8) is 0 Å². The van der Waals surface area contributed by atoms with Crippen molar-refractivity contribution in [1.29, 1.82) is 0 Å². The summed E-state index contributed by atoms with van der Waals surface area (Å²) in [5.41, 5.74) is 4.26. The number of aliphatic hydroxyl groups excluding tert-OH is 1. The van der Waals surface area contributed by atoms with Crippen LogP contribution >= 0.6 is 0 Å². The first kappa shape index (κ1) is 21.4. The molecule has 5 N–H and O–H groups in total. The van der Waals surface area contributed by atoms with Crippen LogP contribution in [0.5, 0.6) is 0 Å². The van der Waals surface area contributed by atoms with E-state index in [0.717, 1.165) is 6.21 Å². The van der Waals surface area contributed by atoms with Gasteiger partial charge in [0.25, 0.3) is 5.56 Å². The topological polar surface area (TPSA) is 161 Å².